The Morgan fingerprint density at radius 1 is 1.27 bits per heavy atom. The molecule has 0 fully saturated rings. The minimum absolute atomic E-state index is 0.382. The van der Waals surface area contributed by atoms with Crippen molar-refractivity contribution in [3.63, 3.8) is 0 Å². The lowest BCUT2D eigenvalue weighted by Crippen LogP contribution is -2.44. The standard InChI is InChI=1S/C9H17N3O3/c1-4-13-8-10-7-11-9(14-5-2)12(8)15-6-3/h7-8H,4-6H2,1-3H3. The lowest BCUT2D eigenvalue weighted by atomic mass is 10.7. The second-order valence-corrected chi connectivity index (χ2v) is 2.63. The summed E-state index contributed by atoms with van der Waals surface area (Å²) in [6.45, 7) is 7.23. The van der Waals surface area contributed by atoms with E-state index in [1.54, 1.807) is 0 Å². The van der Waals surface area contributed by atoms with Crippen LogP contribution in [0.1, 0.15) is 20.8 Å². The summed E-state index contributed by atoms with van der Waals surface area (Å²) in [5, 5.41) is 1.44. The van der Waals surface area contributed by atoms with Gasteiger partial charge in [-0.3, -0.25) is 4.84 Å². The van der Waals surface area contributed by atoms with E-state index < -0.39 is 6.35 Å². The Balaban J connectivity index is 2.67. The Morgan fingerprint density at radius 2 is 2.07 bits per heavy atom. The number of nitrogens with zero attached hydrogens (tertiary/aromatic N) is 3. The van der Waals surface area contributed by atoms with E-state index in [0.717, 1.165) is 0 Å². The maximum Gasteiger partial charge on any atom is 0.322 e. The van der Waals surface area contributed by atoms with Crippen molar-refractivity contribution in [2.24, 2.45) is 9.98 Å². The van der Waals surface area contributed by atoms with Crippen molar-refractivity contribution >= 4 is 12.4 Å². The first-order chi connectivity index (χ1) is 7.33. The number of aliphatic imine (C=N–C) groups is 2. The van der Waals surface area contributed by atoms with Crippen LogP contribution in [0.15, 0.2) is 9.98 Å². The number of rotatable bonds is 5. The Bertz CT molecular complexity index is 243. The maximum absolute atomic E-state index is 5.37. The molecule has 0 aliphatic carbocycles. The molecule has 1 aliphatic heterocycles. The third-order valence-electron chi connectivity index (χ3n) is 1.61. The van der Waals surface area contributed by atoms with Crippen molar-refractivity contribution in [2.75, 3.05) is 19.8 Å². The van der Waals surface area contributed by atoms with Gasteiger partial charge in [-0.15, -0.1) is 0 Å². The van der Waals surface area contributed by atoms with Crippen LogP contribution in [0.3, 0.4) is 0 Å². The van der Waals surface area contributed by atoms with Gasteiger partial charge >= 0.3 is 6.02 Å². The molecule has 1 aliphatic rings. The first kappa shape index (κ1) is 11.9. The highest BCUT2D eigenvalue weighted by Crippen LogP contribution is 2.10. The summed E-state index contributed by atoms with van der Waals surface area (Å²) in [5.41, 5.74) is 0. The first-order valence-corrected chi connectivity index (χ1v) is 5.09. The topological polar surface area (TPSA) is 55.7 Å². The fourth-order valence-electron chi connectivity index (χ4n) is 1.10. The second kappa shape index (κ2) is 6.36. The summed E-state index contributed by atoms with van der Waals surface area (Å²) < 4.78 is 10.7. The fraction of sp³-hybridized carbons (Fsp3) is 0.778. The Hall–Kier alpha value is -1.14. The van der Waals surface area contributed by atoms with Gasteiger partial charge in [0.1, 0.15) is 6.34 Å². The molecular weight excluding hydrogens is 198 g/mol. The molecule has 0 saturated heterocycles. The predicted molar refractivity (Wildman–Crippen MR) is 56.4 cm³/mol. The average molecular weight is 215 g/mol. The quantitative estimate of drug-likeness (QED) is 0.686. The van der Waals surface area contributed by atoms with Gasteiger partial charge in [-0.05, 0) is 20.8 Å². The molecule has 1 rings (SSSR count). The molecule has 0 aromatic carbocycles. The average Bonchev–Trinajstić information content (AvgIpc) is 2.23. The second-order valence-electron chi connectivity index (χ2n) is 2.63. The van der Waals surface area contributed by atoms with Crippen LogP contribution in [-0.2, 0) is 14.3 Å². The summed E-state index contributed by atoms with van der Waals surface area (Å²) in [7, 11) is 0. The smallest absolute Gasteiger partial charge is 0.322 e. The SMILES string of the molecule is CCOC1=NC=NC(OCC)N1OCC. The summed E-state index contributed by atoms with van der Waals surface area (Å²) in [4.78, 5) is 13.4. The van der Waals surface area contributed by atoms with Crippen molar-refractivity contribution < 1.29 is 14.3 Å². The molecule has 1 atom stereocenters. The van der Waals surface area contributed by atoms with Crippen LogP contribution in [0.5, 0.6) is 0 Å². The van der Waals surface area contributed by atoms with Gasteiger partial charge in [0.15, 0.2) is 0 Å². The van der Waals surface area contributed by atoms with E-state index in [1.807, 2.05) is 20.8 Å². The van der Waals surface area contributed by atoms with Gasteiger partial charge in [0.2, 0.25) is 0 Å². The fourth-order valence-corrected chi connectivity index (χ4v) is 1.10. The lowest BCUT2D eigenvalue weighted by molar-refractivity contribution is -0.210. The molecule has 0 bridgehead atoms. The van der Waals surface area contributed by atoms with Crippen molar-refractivity contribution in [2.45, 2.75) is 27.1 Å². The van der Waals surface area contributed by atoms with E-state index in [4.69, 9.17) is 14.3 Å². The minimum atomic E-state index is -0.506. The van der Waals surface area contributed by atoms with Crippen LogP contribution in [0, 0.1) is 0 Å². The molecule has 0 spiro atoms. The van der Waals surface area contributed by atoms with Gasteiger partial charge < -0.3 is 9.47 Å². The molecule has 0 radical (unpaired) electrons. The summed E-state index contributed by atoms with van der Waals surface area (Å²) in [6.07, 6.45) is 0.912. The minimum Gasteiger partial charge on any atom is -0.464 e. The number of ether oxygens (including phenoxy) is 2. The molecule has 0 aromatic rings. The number of hydrogen-bond donors (Lipinski definition) is 0. The van der Waals surface area contributed by atoms with Gasteiger partial charge in [0, 0.05) is 6.61 Å². The summed E-state index contributed by atoms with van der Waals surface area (Å²) in [6, 6.07) is 0.382. The lowest BCUT2D eigenvalue weighted by Gasteiger charge is -2.29. The third kappa shape index (κ3) is 3.17. The van der Waals surface area contributed by atoms with Crippen molar-refractivity contribution in [1.29, 1.82) is 0 Å². The normalized spacial score (nSPS) is 20.3. The Labute approximate surface area is 89.5 Å². The van der Waals surface area contributed by atoms with Crippen LogP contribution in [0.2, 0.25) is 0 Å². The number of hydroxylamine groups is 2. The maximum atomic E-state index is 5.37. The summed E-state index contributed by atoms with van der Waals surface area (Å²) in [5.74, 6) is 0. The molecule has 1 heterocycles. The third-order valence-corrected chi connectivity index (χ3v) is 1.61. The molecule has 0 saturated carbocycles. The molecule has 0 aromatic heterocycles. The molecule has 15 heavy (non-hydrogen) atoms. The van der Waals surface area contributed by atoms with Gasteiger partial charge in [0.25, 0.3) is 6.35 Å². The molecule has 86 valence electrons. The molecule has 6 nitrogen and oxygen atoms in total. The van der Waals surface area contributed by atoms with E-state index in [-0.39, 0.29) is 0 Å². The summed E-state index contributed by atoms with van der Waals surface area (Å²) >= 11 is 0. The molecule has 0 amide bonds. The van der Waals surface area contributed by atoms with Gasteiger partial charge in [-0.25, -0.2) is 4.99 Å². The molecule has 6 heteroatoms. The number of amidine groups is 1. The van der Waals surface area contributed by atoms with E-state index in [9.17, 15) is 0 Å². The van der Waals surface area contributed by atoms with Crippen LogP contribution in [0.4, 0.5) is 0 Å². The van der Waals surface area contributed by atoms with E-state index in [1.165, 1.54) is 11.4 Å². The molecule has 0 N–H and O–H groups in total. The van der Waals surface area contributed by atoms with Crippen molar-refractivity contribution in [3.8, 4) is 0 Å². The predicted octanol–water partition coefficient (Wildman–Crippen LogP) is 0.994. The van der Waals surface area contributed by atoms with Crippen LogP contribution < -0.4 is 0 Å². The monoisotopic (exact) mass is 215 g/mol. The Morgan fingerprint density at radius 3 is 2.67 bits per heavy atom. The van der Waals surface area contributed by atoms with Crippen LogP contribution >= 0.6 is 0 Å². The highest BCUT2D eigenvalue weighted by molar-refractivity contribution is 5.83. The van der Waals surface area contributed by atoms with Crippen LogP contribution in [0.25, 0.3) is 0 Å². The van der Waals surface area contributed by atoms with Gasteiger partial charge in [-0.2, -0.15) is 10.1 Å². The Kier molecular flexibility index (Phi) is 5.06. The van der Waals surface area contributed by atoms with Crippen molar-refractivity contribution in [3.05, 3.63) is 0 Å². The van der Waals surface area contributed by atoms with E-state index in [0.29, 0.717) is 25.8 Å². The van der Waals surface area contributed by atoms with Gasteiger partial charge in [0.05, 0.1) is 13.2 Å². The van der Waals surface area contributed by atoms with Gasteiger partial charge in [-0.1, -0.05) is 0 Å². The first-order valence-electron chi connectivity index (χ1n) is 5.09. The molecule has 1 unspecified atom stereocenters. The zero-order valence-corrected chi connectivity index (χ0v) is 9.34. The highest BCUT2D eigenvalue weighted by atomic mass is 16.7. The van der Waals surface area contributed by atoms with Crippen molar-refractivity contribution in [1.82, 2.24) is 5.06 Å². The van der Waals surface area contributed by atoms with Crippen LogP contribution in [-0.4, -0.2) is 43.6 Å². The highest BCUT2D eigenvalue weighted by Gasteiger charge is 2.26. The van der Waals surface area contributed by atoms with E-state index >= 15 is 0 Å². The zero-order chi connectivity index (χ0) is 11.1. The zero-order valence-electron chi connectivity index (χ0n) is 9.34. The molecular formula is C9H17N3O3. The number of hydrogen-bond acceptors (Lipinski definition) is 6. The largest absolute Gasteiger partial charge is 0.464 e. The van der Waals surface area contributed by atoms with E-state index in [2.05, 4.69) is 9.98 Å².